The van der Waals surface area contributed by atoms with E-state index >= 15 is 0 Å². The third-order valence-corrected chi connectivity index (χ3v) is 4.39. The molecule has 0 fully saturated rings. The Bertz CT molecular complexity index is 1200. The lowest BCUT2D eigenvalue weighted by Gasteiger charge is -2.09. The normalized spacial score (nSPS) is 10.6. The number of ether oxygens (including phenoxy) is 1. The van der Waals surface area contributed by atoms with Crippen molar-refractivity contribution in [2.45, 2.75) is 6.92 Å². The first kappa shape index (κ1) is 19.1. The molecule has 0 saturated carbocycles. The average Bonchev–Trinajstić information content (AvgIpc) is 3.22. The van der Waals surface area contributed by atoms with E-state index in [0.29, 0.717) is 40.4 Å². The molecule has 3 aromatic carbocycles. The summed E-state index contributed by atoms with van der Waals surface area (Å²) in [6.07, 6.45) is 0. The molecule has 8 heteroatoms. The number of hydrogen-bond acceptors (Lipinski definition) is 5. The standard InChI is InChI=1S/C22H19N5O3/c1-2-30-18-5-3-4-15(12-18)22(29)23-16-8-6-14(7-9-16)21(28)24-17-10-11-19-20(13-17)26-27-25-19/h3-13H,2H2,1H3,(H,23,29)(H,24,28)(H,25,26,27). The zero-order valence-electron chi connectivity index (χ0n) is 16.2. The minimum atomic E-state index is -0.264. The molecule has 3 N–H and O–H groups in total. The Labute approximate surface area is 172 Å². The summed E-state index contributed by atoms with van der Waals surface area (Å²) in [5, 5.41) is 16.2. The molecule has 0 spiro atoms. The minimum absolute atomic E-state index is 0.255. The Kier molecular flexibility index (Phi) is 5.38. The first-order valence-corrected chi connectivity index (χ1v) is 9.38. The number of carbonyl (C=O) groups is 2. The monoisotopic (exact) mass is 401 g/mol. The number of amides is 2. The Morgan fingerprint density at radius 3 is 2.33 bits per heavy atom. The Hall–Kier alpha value is -4.20. The van der Waals surface area contributed by atoms with E-state index in [-0.39, 0.29) is 11.8 Å². The van der Waals surface area contributed by atoms with Gasteiger partial charge in [-0.1, -0.05) is 6.07 Å². The number of anilines is 2. The molecule has 0 unspecified atom stereocenters. The number of benzene rings is 3. The van der Waals surface area contributed by atoms with Crippen LogP contribution in [0.2, 0.25) is 0 Å². The molecule has 0 radical (unpaired) electrons. The third-order valence-electron chi connectivity index (χ3n) is 4.39. The van der Waals surface area contributed by atoms with Crippen LogP contribution in [0.4, 0.5) is 11.4 Å². The predicted molar refractivity (Wildman–Crippen MR) is 114 cm³/mol. The molecule has 30 heavy (non-hydrogen) atoms. The summed E-state index contributed by atoms with van der Waals surface area (Å²) in [6, 6.07) is 18.9. The second-order valence-electron chi connectivity index (χ2n) is 6.47. The number of aromatic amines is 1. The number of aromatic nitrogens is 3. The summed E-state index contributed by atoms with van der Waals surface area (Å²) in [5.41, 5.74) is 3.55. The molecular weight excluding hydrogens is 382 g/mol. The lowest BCUT2D eigenvalue weighted by Crippen LogP contribution is -2.14. The largest absolute Gasteiger partial charge is 0.494 e. The lowest BCUT2D eigenvalue weighted by molar-refractivity contribution is 0.101. The Morgan fingerprint density at radius 1 is 0.833 bits per heavy atom. The molecule has 2 amide bonds. The molecular formula is C22H19N5O3. The number of nitrogens with one attached hydrogen (secondary N) is 3. The summed E-state index contributed by atoms with van der Waals surface area (Å²) in [5.74, 6) is 0.121. The van der Waals surface area contributed by atoms with Gasteiger partial charge in [-0.3, -0.25) is 9.59 Å². The second-order valence-corrected chi connectivity index (χ2v) is 6.47. The van der Waals surface area contributed by atoms with Crippen LogP contribution in [0, 0.1) is 0 Å². The maximum atomic E-state index is 12.5. The Balaban J connectivity index is 1.41. The van der Waals surface area contributed by atoms with Gasteiger partial charge in [0.15, 0.2) is 0 Å². The van der Waals surface area contributed by atoms with Crippen molar-refractivity contribution in [1.82, 2.24) is 15.4 Å². The molecule has 4 aromatic rings. The zero-order valence-corrected chi connectivity index (χ0v) is 16.2. The van der Waals surface area contributed by atoms with Gasteiger partial charge in [-0.25, -0.2) is 0 Å². The van der Waals surface area contributed by atoms with Crippen molar-refractivity contribution >= 4 is 34.2 Å². The number of carbonyl (C=O) groups excluding carboxylic acids is 2. The van der Waals surface area contributed by atoms with Crippen molar-refractivity contribution in [3.63, 3.8) is 0 Å². The van der Waals surface area contributed by atoms with E-state index in [1.807, 2.05) is 6.92 Å². The number of rotatable bonds is 6. The van der Waals surface area contributed by atoms with Crippen LogP contribution >= 0.6 is 0 Å². The summed E-state index contributed by atoms with van der Waals surface area (Å²) < 4.78 is 5.42. The van der Waals surface area contributed by atoms with Gasteiger partial charge < -0.3 is 15.4 Å². The van der Waals surface area contributed by atoms with Gasteiger partial charge in [-0.15, -0.1) is 0 Å². The van der Waals surface area contributed by atoms with Crippen LogP contribution in [0.5, 0.6) is 5.75 Å². The van der Waals surface area contributed by atoms with E-state index in [1.165, 1.54) is 0 Å². The maximum Gasteiger partial charge on any atom is 0.255 e. The predicted octanol–water partition coefficient (Wildman–Crippen LogP) is 3.86. The molecule has 0 aliphatic heterocycles. The van der Waals surface area contributed by atoms with E-state index in [2.05, 4.69) is 26.0 Å². The fourth-order valence-corrected chi connectivity index (χ4v) is 2.92. The van der Waals surface area contributed by atoms with Gasteiger partial charge >= 0.3 is 0 Å². The molecule has 1 heterocycles. The van der Waals surface area contributed by atoms with Crippen molar-refractivity contribution in [1.29, 1.82) is 0 Å². The van der Waals surface area contributed by atoms with Crippen molar-refractivity contribution in [2.24, 2.45) is 0 Å². The van der Waals surface area contributed by atoms with Gasteiger partial charge in [-0.05, 0) is 67.6 Å². The molecule has 0 bridgehead atoms. The smallest absolute Gasteiger partial charge is 0.255 e. The average molecular weight is 401 g/mol. The molecule has 4 rings (SSSR count). The van der Waals surface area contributed by atoms with Gasteiger partial charge in [0.05, 0.1) is 6.61 Å². The van der Waals surface area contributed by atoms with Crippen LogP contribution < -0.4 is 15.4 Å². The topological polar surface area (TPSA) is 109 Å². The highest BCUT2D eigenvalue weighted by Gasteiger charge is 2.10. The summed E-state index contributed by atoms with van der Waals surface area (Å²) in [7, 11) is 0. The highest BCUT2D eigenvalue weighted by Crippen LogP contribution is 2.18. The fraction of sp³-hybridized carbons (Fsp3) is 0.0909. The third kappa shape index (κ3) is 4.27. The molecule has 0 atom stereocenters. The number of fused-ring (bicyclic) bond motifs is 1. The van der Waals surface area contributed by atoms with E-state index in [9.17, 15) is 9.59 Å². The van der Waals surface area contributed by atoms with Gasteiger partial charge in [0.25, 0.3) is 11.8 Å². The van der Waals surface area contributed by atoms with Crippen LogP contribution in [-0.4, -0.2) is 33.8 Å². The van der Waals surface area contributed by atoms with Crippen LogP contribution in [0.3, 0.4) is 0 Å². The maximum absolute atomic E-state index is 12.5. The zero-order chi connectivity index (χ0) is 20.9. The van der Waals surface area contributed by atoms with E-state index in [1.54, 1.807) is 66.7 Å². The molecule has 8 nitrogen and oxygen atoms in total. The molecule has 1 aromatic heterocycles. The Morgan fingerprint density at radius 2 is 1.53 bits per heavy atom. The second kappa shape index (κ2) is 8.44. The van der Waals surface area contributed by atoms with Crippen molar-refractivity contribution < 1.29 is 14.3 Å². The van der Waals surface area contributed by atoms with Crippen molar-refractivity contribution in [3.8, 4) is 5.75 Å². The van der Waals surface area contributed by atoms with Crippen LogP contribution in [0.25, 0.3) is 11.0 Å². The first-order valence-electron chi connectivity index (χ1n) is 9.38. The summed E-state index contributed by atoms with van der Waals surface area (Å²) >= 11 is 0. The number of H-pyrrole nitrogens is 1. The van der Waals surface area contributed by atoms with Crippen LogP contribution in [-0.2, 0) is 0 Å². The molecule has 0 saturated heterocycles. The van der Waals surface area contributed by atoms with E-state index in [4.69, 9.17) is 4.74 Å². The number of hydrogen-bond donors (Lipinski definition) is 3. The molecule has 0 aliphatic carbocycles. The van der Waals surface area contributed by atoms with Gasteiger partial charge in [0.1, 0.15) is 16.8 Å². The quantitative estimate of drug-likeness (QED) is 0.455. The minimum Gasteiger partial charge on any atom is -0.494 e. The van der Waals surface area contributed by atoms with Crippen molar-refractivity contribution in [3.05, 3.63) is 77.9 Å². The fourth-order valence-electron chi connectivity index (χ4n) is 2.92. The van der Waals surface area contributed by atoms with Gasteiger partial charge in [-0.2, -0.15) is 15.4 Å². The lowest BCUT2D eigenvalue weighted by atomic mass is 10.1. The number of nitrogens with zero attached hydrogens (tertiary/aromatic N) is 2. The highest BCUT2D eigenvalue weighted by atomic mass is 16.5. The SMILES string of the molecule is CCOc1cccc(C(=O)Nc2ccc(C(=O)Nc3ccc4n[nH]nc4c3)cc2)c1. The summed E-state index contributed by atoms with van der Waals surface area (Å²) in [6.45, 7) is 2.41. The van der Waals surface area contributed by atoms with Crippen molar-refractivity contribution in [2.75, 3.05) is 17.2 Å². The van der Waals surface area contributed by atoms with Crippen LogP contribution in [0.1, 0.15) is 27.6 Å². The van der Waals surface area contributed by atoms with Crippen LogP contribution in [0.15, 0.2) is 66.7 Å². The van der Waals surface area contributed by atoms with Gasteiger partial charge in [0, 0.05) is 22.5 Å². The molecule has 0 aliphatic rings. The highest BCUT2D eigenvalue weighted by molar-refractivity contribution is 6.06. The van der Waals surface area contributed by atoms with E-state index < -0.39 is 0 Å². The van der Waals surface area contributed by atoms with Gasteiger partial charge in [0.2, 0.25) is 0 Å². The first-order chi connectivity index (χ1) is 14.6. The van der Waals surface area contributed by atoms with E-state index in [0.717, 1.165) is 5.52 Å². The molecule has 150 valence electrons. The summed E-state index contributed by atoms with van der Waals surface area (Å²) in [4.78, 5) is 24.9.